The molecule has 0 radical (unpaired) electrons. The highest BCUT2D eigenvalue weighted by Crippen LogP contribution is 2.14. The van der Waals surface area contributed by atoms with Gasteiger partial charge in [-0.3, -0.25) is 4.79 Å². The summed E-state index contributed by atoms with van der Waals surface area (Å²) >= 11 is 0. The molecule has 0 aromatic heterocycles. The molecule has 0 aliphatic heterocycles. The predicted molar refractivity (Wildman–Crippen MR) is 99.6 cm³/mol. The van der Waals surface area contributed by atoms with Crippen molar-refractivity contribution < 1.29 is 18.0 Å². The first kappa shape index (κ1) is 19.5. The SMILES string of the molecule is CCCNC(=O)c1ccc(NC(=O)NS(=O)(=O)c2ccccc2C)cc1. The van der Waals surface area contributed by atoms with E-state index in [2.05, 4.69) is 10.6 Å². The number of rotatable bonds is 6. The van der Waals surface area contributed by atoms with E-state index < -0.39 is 16.1 Å². The molecule has 138 valence electrons. The maximum Gasteiger partial charge on any atom is 0.333 e. The number of nitrogens with one attached hydrogen (secondary N) is 3. The van der Waals surface area contributed by atoms with Gasteiger partial charge in [0.1, 0.15) is 0 Å². The van der Waals surface area contributed by atoms with Crippen LogP contribution in [-0.4, -0.2) is 26.9 Å². The third-order valence-electron chi connectivity index (χ3n) is 3.55. The smallest absolute Gasteiger partial charge is 0.333 e. The van der Waals surface area contributed by atoms with E-state index in [0.29, 0.717) is 23.4 Å². The van der Waals surface area contributed by atoms with Crippen LogP contribution >= 0.6 is 0 Å². The Labute approximate surface area is 152 Å². The second-order valence-corrected chi connectivity index (χ2v) is 7.31. The van der Waals surface area contributed by atoms with Crippen molar-refractivity contribution in [1.82, 2.24) is 10.0 Å². The topological polar surface area (TPSA) is 104 Å². The van der Waals surface area contributed by atoms with E-state index in [9.17, 15) is 18.0 Å². The lowest BCUT2D eigenvalue weighted by Gasteiger charge is -2.10. The zero-order chi connectivity index (χ0) is 19.2. The van der Waals surface area contributed by atoms with Crippen molar-refractivity contribution in [1.29, 1.82) is 0 Å². The second-order valence-electron chi connectivity index (χ2n) is 5.66. The third-order valence-corrected chi connectivity index (χ3v) is 5.04. The van der Waals surface area contributed by atoms with Crippen LogP contribution in [0.2, 0.25) is 0 Å². The van der Waals surface area contributed by atoms with E-state index in [1.807, 2.05) is 11.6 Å². The summed E-state index contributed by atoms with van der Waals surface area (Å²) in [5, 5.41) is 5.18. The van der Waals surface area contributed by atoms with Gasteiger partial charge in [0.25, 0.3) is 15.9 Å². The van der Waals surface area contributed by atoms with Crippen LogP contribution in [0.3, 0.4) is 0 Å². The molecule has 0 fully saturated rings. The first-order valence-electron chi connectivity index (χ1n) is 8.11. The largest absolute Gasteiger partial charge is 0.352 e. The zero-order valence-electron chi connectivity index (χ0n) is 14.6. The van der Waals surface area contributed by atoms with Gasteiger partial charge in [0.2, 0.25) is 0 Å². The number of aryl methyl sites for hydroxylation is 1. The van der Waals surface area contributed by atoms with Gasteiger partial charge in [0.15, 0.2) is 0 Å². The number of sulfonamides is 1. The van der Waals surface area contributed by atoms with Gasteiger partial charge in [-0.2, -0.15) is 0 Å². The first-order chi connectivity index (χ1) is 12.3. The summed E-state index contributed by atoms with van der Waals surface area (Å²) in [5.41, 5.74) is 1.36. The monoisotopic (exact) mass is 375 g/mol. The molecule has 0 atom stereocenters. The van der Waals surface area contributed by atoms with Gasteiger partial charge in [-0.1, -0.05) is 25.1 Å². The Balaban J connectivity index is 2.02. The number of carbonyl (C=O) groups excluding carboxylic acids is 2. The number of amides is 3. The molecule has 2 aromatic rings. The van der Waals surface area contributed by atoms with E-state index in [1.54, 1.807) is 37.3 Å². The summed E-state index contributed by atoms with van der Waals surface area (Å²) in [6.45, 7) is 4.18. The lowest BCUT2D eigenvalue weighted by Crippen LogP contribution is -2.34. The van der Waals surface area contributed by atoms with Crippen LogP contribution < -0.4 is 15.4 Å². The molecule has 8 heteroatoms. The summed E-state index contributed by atoms with van der Waals surface area (Å²) in [4.78, 5) is 23.9. The Kier molecular flexibility index (Phi) is 6.35. The minimum Gasteiger partial charge on any atom is -0.352 e. The van der Waals surface area contributed by atoms with Crippen LogP contribution in [-0.2, 0) is 10.0 Å². The Morgan fingerprint density at radius 3 is 2.27 bits per heavy atom. The van der Waals surface area contributed by atoms with Gasteiger partial charge < -0.3 is 10.6 Å². The number of urea groups is 1. The standard InChI is InChI=1S/C18H21N3O4S/c1-3-12-19-17(22)14-8-10-15(11-9-14)20-18(23)21-26(24,25)16-7-5-4-6-13(16)2/h4-11H,3,12H2,1-2H3,(H,19,22)(H2,20,21,23). The molecular weight excluding hydrogens is 354 g/mol. The summed E-state index contributed by atoms with van der Waals surface area (Å²) in [5.74, 6) is -0.204. The molecule has 0 unspecified atom stereocenters. The highest BCUT2D eigenvalue weighted by molar-refractivity contribution is 7.90. The Bertz CT molecular complexity index is 893. The van der Waals surface area contributed by atoms with E-state index in [1.165, 1.54) is 18.2 Å². The molecular formula is C18H21N3O4S. The number of hydrogen-bond acceptors (Lipinski definition) is 4. The number of benzene rings is 2. The summed E-state index contributed by atoms with van der Waals surface area (Å²) in [6, 6.07) is 11.7. The number of anilines is 1. The maximum absolute atomic E-state index is 12.3. The molecule has 0 aliphatic carbocycles. The normalized spacial score (nSPS) is 10.8. The Morgan fingerprint density at radius 2 is 1.65 bits per heavy atom. The molecule has 0 saturated heterocycles. The maximum atomic E-state index is 12.3. The van der Waals surface area contributed by atoms with Crippen molar-refractivity contribution in [3.63, 3.8) is 0 Å². The Morgan fingerprint density at radius 1 is 1.00 bits per heavy atom. The molecule has 0 spiro atoms. The molecule has 26 heavy (non-hydrogen) atoms. The molecule has 7 nitrogen and oxygen atoms in total. The minimum absolute atomic E-state index is 0.0399. The number of carbonyl (C=O) groups is 2. The fourth-order valence-corrected chi connectivity index (χ4v) is 3.39. The highest BCUT2D eigenvalue weighted by Gasteiger charge is 2.19. The van der Waals surface area contributed by atoms with Gasteiger partial charge in [0.05, 0.1) is 4.90 Å². The molecule has 0 heterocycles. The van der Waals surface area contributed by atoms with Crippen LogP contribution in [0.5, 0.6) is 0 Å². The van der Waals surface area contributed by atoms with Crippen molar-refractivity contribution in [3.8, 4) is 0 Å². The molecule has 0 bridgehead atoms. The van der Waals surface area contributed by atoms with Crippen molar-refractivity contribution >= 4 is 27.6 Å². The van der Waals surface area contributed by atoms with Crippen LogP contribution in [0.15, 0.2) is 53.4 Å². The molecule has 0 saturated carbocycles. The molecule has 2 aromatic carbocycles. The van der Waals surface area contributed by atoms with Gasteiger partial charge in [-0.15, -0.1) is 0 Å². The van der Waals surface area contributed by atoms with Crippen LogP contribution in [0.25, 0.3) is 0 Å². The average Bonchev–Trinajstić information content (AvgIpc) is 2.60. The van der Waals surface area contributed by atoms with E-state index >= 15 is 0 Å². The van der Waals surface area contributed by atoms with Crippen molar-refractivity contribution in [3.05, 3.63) is 59.7 Å². The Hall–Kier alpha value is -2.87. The van der Waals surface area contributed by atoms with Crippen LogP contribution in [0.1, 0.15) is 29.3 Å². The summed E-state index contributed by atoms with van der Waals surface area (Å²) < 4.78 is 26.5. The first-order valence-corrected chi connectivity index (χ1v) is 9.59. The fraction of sp³-hybridized carbons (Fsp3) is 0.222. The van der Waals surface area contributed by atoms with E-state index in [4.69, 9.17) is 0 Å². The highest BCUT2D eigenvalue weighted by atomic mass is 32.2. The summed E-state index contributed by atoms with van der Waals surface area (Å²) in [6.07, 6.45) is 0.834. The lowest BCUT2D eigenvalue weighted by atomic mass is 10.2. The third kappa shape index (κ3) is 5.06. The van der Waals surface area contributed by atoms with E-state index in [0.717, 1.165) is 6.42 Å². The van der Waals surface area contributed by atoms with Gasteiger partial charge in [-0.05, 0) is 49.2 Å². The predicted octanol–water partition coefficient (Wildman–Crippen LogP) is 2.65. The van der Waals surface area contributed by atoms with Gasteiger partial charge in [0, 0.05) is 17.8 Å². The molecule has 3 amide bonds. The van der Waals surface area contributed by atoms with Crippen LogP contribution in [0, 0.1) is 6.92 Å². The average molecular weight is 375 g/mol. The van der Waals surface area contributed by atoms with Crippen molar-refractivity contribution in [2.24, 2.45) is 0 Å². The number of hydrogen-bond donors (Lipinski definition) is 3. The fourth-order valence-electron chi connectivity index (χ4n) is 2.24. The summed E-state index contributed by atoms with van der Waals surface area (Å²) in [7, 11) is -3.97. The van der Waals surface area contributed by atoms with Crippen LogP contribution in [0.4, 0.5) is 10.5 Å². The zero-order valence-corrected chi connectivity index (χ0v) is 15.4. The van der Waals surface area contributed by atoms with Crippen molar-refractivity contribution in [2.45, 2.75) is 25.2 Å². The molecule has 2 rings (SSSR count). The quantitative estimate of drug-likeness (QED) is 0.722. The van der Waals surface area contributed by atoms with Gasteiger partial charge in [-0.25, -0.2) is 17.9 Å². The van der Waals surface area contributed by atoms with E-state index in [-0.39, 0.29) is 10.8 Å². The minimum atomic E-state index is -3.97. The molecule has 3 N–H and O–H groups in total. The van der Waals surface area contributed by atoms with Crippen molar-refractivity contribution in [2.75, 3.05) is 11.9 Å². The molecule has 0 aliphatic rings. The lowest BCUT2D eigenvalue weighted by molar-refractivity contribution is 0.0953. The van der Waals surface area contributed by atoms with Gasteiger partial charge >= 0.3 is 6.03 Å². The second kappa shape index (κ2) is 8.48.